The van der Waals surface area contributed by atoms with Crippen molar-refractivity contribution in [2.75, 3.05) is 19.7 Å². The second-order valence-corrected chi connectivity index (χ2v) is 5.60. The van der Waals surface area contributed by atoms with E-state index in [-0.39, 0.29) is 24.0 Å². The van der Waals surface area contributed by atoms with Crippen molar-refractivity contribution in [2.24, 2.45) is 4.99 Å². The highest BCUT2D eigenvalue weighted by molar-refractivity contribution is 14.0. The predicted octanol–water partition coefficient (Wildman–Crippen LogP) is 3.09. The number of ether oxygens (including phenoxy) is 1. The molecule has 132 valence electrons. The summed E-state index contributed by atoms with van der Waals surface area (Å²) in [6, 6.07) is 1.82. The van der Waals surface area contributed by atoms with Gasteiger partial charge in [0.25, 0.3) is 0 Å². The van der Waals surface area contributed by atoms with Gasteiger partial charge < -0.3 is 19.9 Å². The number of hydrogen-bond donors (Lipinski definition) is 2. The SMILES string of the molecule is CCNC(=NCc1ccon1)NCCCOC1CCCCC1.I. The lowest BCUT2D eigenvalue weighted by atomic mass is 9.98. The van der Waals surface area contributed by atoms with E-state index < -0.39 is 0 Å². The van der Waals surface area contributed by atoms with Crippen LogP contribution in [0.15, 0.2) is 21.8 Å². The Balaban J connectivity index is 0.00000264. The summed E-state index contributed by atoms with van der Waals surface area (Å²) < 4.78 is 10.7. The maximum Gasteiger partial charge on any atom is 0.191 e. The largest absolute Gasteiger partial charge is 0.378 e. The minimum absolute atomic E-state index is 0. The summed E-state index contributed by atoms with van der Waals surface area (Å²) in [6.45, 7) is 5.09. The Labute approximate surface area is 155 Å². The molecule has 0 aromatic carbocycles. The minimum Gasteiger partial charge on any atom is -0.378 e. The summed E-state index contributed by atoms with van der Waals surface area (Å²) in [5, 5.41) is 10.4. The van der Waals surface area contributed by atoms with Crippen molar-refractivity contribution in [3.05, 3.63) is 18.0 Å². The Hall–Kier alpha value is -0.830. The number of hydrogen-bond acceptors (Lipinski definition) is 4. The van der Waals surface area contributed by atoms with Crippen molar-refractivity contribution in [3.8, 4) is 0 Å². The lowest BCUT2D eigenvalue weighted by molar-refractivity contribution is 0.0277. The van der Waals surface area contributed by atoms with Gasteiger partial charge in [-0.05, 0) is 26.2 Å². The van der Waals surface area contributed by atoms with Crippen LogP contribution in [0.25, 0.3) is 0 Å². The van der Waals surface area contributed by atoms with Gasteiger partial charge in [0.1, 0.15) is 12.0 Å². The molecule has 7 heteroatoms. The van der Waals surface area contributed by atoms with Gasteiger partial charge in [0, 0.05) is 25.8 Å². The molecule has 0 bridgehead atoms. The van der Waals surface area contributed by atoms with Crippen molar-refractivity contribution in [1.82, 2.24) is 15.8 Å². The first-order valence-corrected chi connectivity index (χ1v) is 8.41. The van der Waals surface area contributed by atoms with Gasteiger partial charge in [-0.15, -0.1) is 24.0 Å². The van der Waals surface area contributed by atoms with Crippen LogP contribution in [0.3, 0.4) is 0 Å². The molecule has 1 heterocycles. The topological polar surface area (TPSA) is 71.7 Å². The fourth-order valence-electron chi connectivity index (χ4n) is 2.58. The lowest BCUT2D eigenvalue weighted by Crippen LogP contribution is -2.38. The molecule has 1 aliphatic rings. The van der Waals surface area contributed by atoms with Gasteiger partial charge in [-0.25, -0.2) is 4.99 Å². The highest BCUT2D eigenvalue weighted by Crippen LogP contribution is 2.20. The first kappa shape index (κ1) is 20.2. The van der Waals surface area contributed by atoms with E-state index in [0.29, 0.717) is 12.6 Å². The van der Waals surface area contributed by atoms with Crippen LogP contribution in [0, 0.1) is 0 Å². The van der Waals surface area contributed by atoms with Crippen LogP contribution in [0.4, 0.5) is 0 Å². The molecule has 23 heavy (non-hydrogen) atoms. The summed E-state index contributed by atoms with van der Waals surface area (Å²) >= 11 is 0. The monoisotopic (exact) mass is 436 g/mol. The summed E-state index contributed by atoms with van der Waals surface area (Å²) in [4.78, 5) is 4.47. The molecule has 0 aliphatic heterocycles. The first-order chi connectivity index (χ1) is 10.9. The highest BCUT2D eigenvalue weighted by atomic mass is 127. The van der Waals surface area contributed by atoms with E-state index in [2.05, 4.69) is 27.7 Å². The molecular weight excluding hydrogens is 407 g/mol. The van der Waals surface area contributed by atoms with Crippen LogP contribution < -0.4 is 10.6 Å². The second-order valence-electron chi connectivity index (χ2n) is 5.60. The van der Waals surface area contributed by atoms with E-state index in [1.54, 1.807) is 6.26 Å². The van der Waals surface area contributed by atoms with Crippen LogP contribution >= 0.6 is 24.0 Å². The van der Waals surface area contributed by atoms with E-state index in [1.807, 2.05) is 6.07 Å². The molecule has 0 spiro atoms. The molecule has 0 unspecified atom stereocenters. The fourth-order valence-corrected chi connectivity index (χ4v) is 2.58. The minimum atomic E-state index is 0. The van der Waals surface area contributed by atoms with Crippen molar-refractivity contribution < 1.29 is 9.26 Å². The molecule has 1 aromatic rings. The van der Waals surface area contributed by atoms with Gasteiger partial charge in [0.2, 0.25) is 0 Å². The molecule has 1 aliphatic carbocycles. The Kier molecular flexibility index (Phi) is 11.1. The van der Waals surface area contributed by atoms with Gasteiger partial charge in [0.05, 0.1) is 12.6 Å². The maximum atomic E-state index is 5.92. The molecule has 1 saturated carbocycles. The van der Waals surface area contributed by atoms with Crippen molar-refractivity contribution >= 4 is 29.9 Å². The molecule has 0 saturated heterocycles. The quantitative estimate of drug-likeness (QED) is 0.284. The van der Waals surface area contributed by atoms with Crippen molar-refractivity contribution in [1.29, 1.82) is 0 Å². The number of nitrogens with one attached hydrogen (secondary N) is 2. The van der Waals surface area contributed by atoms with Gasteiger partial charge in [-0.3, -0.25) is 0 Å². The van der Waals surface area contributed by atoms with Gasteiger partial charge in [-0.2, -0.15) is 0 Å². The van der Waals surface area contributed by atoms with Gasteiger partial charge in [0.15, 0.2) is 5.96 Å². The Morgan fingerprint density at radius 1 is 1.35 bits per heavy atom. The predicted molar refractivity (Wildman–Crippen MR) is 102 cm³/mol. The molecule has 0 atom stereocenters. The number of rotatable bonds is 8. The number of aliphatic imine (C=N–C) groups is 1. The van der Waals surface area contributed by atoms with E-state index in [0.717, 1.165) is 37.8 Å². The van der Waals surface area contributed by atoms with Crippen LogP contribution in [0.5, 0.6) is 0 Å². The third-order valence-electron chi connectivity index (χ3n) is 3.75. The van der Waals surface area contributed by atoms with Crippen molar-refractivity contribution in [2.45, 2.75) is 58.1 Å². The summed E-state index contributed by atoms with van der Waals surface area (Å²) in [7, 11) is 0. The average Bonchev–Trinajstić information content (AvgIpc) is 3.06. The van der Waals surface area contributed by atoms with Crippen molar-refractivity contribution in [3.63, 3.8) is 0 Å². The Morgan fingerprint density at radius 3 is 2.87 bits per heavy atom. The number of nitrogens with zero attached hydrogens (tertiary/aromatic N) is 2. The maximum absolute atomic E-state index is 5.92. The Bertz CT molecular complexity index is 420. The molecule has 1 fully saturated rings. The third-order valence-corrected chi connectivity index (χ3v) is 3.75. The van der Waals surface area contributed by atoms with Gasteiger partial charge >= 0.3 is 0 Å². The fraction of sp³-hybridized carbons (Fsp3) is 0.750. The molecule has 0 amide bonds. The molecule has 6 nitrogen and oxygen atoms in total. The molecule has 1 aromatic heterocycles. The zero-order valence-electron chi connectivity index (χ0n) is 13.9. The second kappa shape index (κ2) is 12.6. The highest BCUT2D eigenvalue weighted by Gasteiger charge is 2.12. The molecular formula is C16H29IN4O2. The zero-order valence-corrected chi connectivity index (χ0v) is 16.3. The van der Waals surface area contributed by atoms with Gasteiger partial charge in [-0.1, -0.05) is 24.4 Å². The number of guanidine groups is 1. The molecule has 2 N–H and O–H groups in total. The summed E-state index contributed by atoms with van der Waals surface area (Å²) in [5.74, 6) is 0.808. The van der Waals surface area contributed by atoms with E-state index in [1.165, 1.54) is 32.1 Å². The van der Waals surface area contributed by atoms with E-state index >= 15 is 0 Å². The summed E-state index contributed by atoms with van der Waals surface area (Å²) in [5.41, 5.74) is 0.831. The van der Waals surface area contributed by atoms with E-state index in [9.17, 15) is 0 Å². The van der Waals surface area contributed by atoms with E-state index in [4.69, 9.17) is 9.26 Å². The van der Waals surface area contributed by atoms with Crippen LogP contribution in [0.1, 0.15) is 51.1 Å². The summed E-state index contributed by atoms with van der Waals surface area (Å²) in [6.07, 6.45) is 9.52. The number of aromatic nitrogens is 1. The normalized spacial score (nSPS) is 16.0. The zero-order chi connectivity index (χ0) is 15.5. The van der Waals surface area contributed by atoms with Crippen LogP contribution in [0.2, 0.25) is 0 Å². The smallest absolute Gasteiger partial charge is 0.191 e. The number of halogens is 1. The average molecular weight is 436 g/mol. The molecule has 0 radical (unpaired) electrons. The standard InChI is InChI=1S/C16H28N4O2.HI/c1-2-17-16(19-13-14-9-12-22-20-14)18-10-6-11-21-15-7-4-3-5-8-15;/h9,12,15H,2-8,10-11,13H2,1H3,(H2,17,18,19);1H. The van der Waals surface area contributed by atoms with Crippen LogP contribution in [-0.2, 0) is 11.3 Å². The van der Waals surface area contributed by atoms with Crippen LogP contribution in [-0.4, -0.2) is 36.9 Å². The Morgan fingerprint density at radius 2 is 2.17 bits per heavy atom. The lowest BCUT2D eigenvalue weighted by Gasteiger charge is -2.22. The first-order valence-electron chi connectivity index (χ1n) is 8.41. The third kappa shape index (κ3) is 8.55. The molecule has 2 rings (SSSR count).